The van der Waals surface area contributed by atoms with E-state index in [4.69, 9.17) is 14.7 Å². The molecular formula is C19H18N2O5. The SMILES string of the molecule is COc1ccccc1OCCn1ccc2ccc(C(=O)NO)cc2c1=O. The molecule has 0 unspecified atom stereocenters. The predicted octanol–water partition coefficient (Wildman–Crippen LogP) is 2.21. The summed E-state index contributed by atoms with van der Waals surface area (Å²) in [6.07, 6.45) is 1.68. The Hall–Kier alpha value is -3.32. The molecule has 1 aromatic heterocycles. The summed E-state index contributed by atoms with van der Waals surface area (Å²) in [5.74, 6) is 0.560. The second kappa shape index (κ2) is 7.71. The zero-order valence-corrected chi connectivity index (χ0v) is 14.1. The largest absolute Gasteiger partial charge is 0.493 e. The van der Waals surface area contributed by atoms with Crippen molar-refractivity contribution in [1.82, 2.24) is 10.0 Å². The number of nitrogens with one attached hydrogen (secondary N) is 1. The average molecular weight is 354 g/mol. The van der Waals surface area contributed by atoms with E-state index < -0.39 is 5.91 Å². The Balaban J connectivity index is 1.81. The number of ether oxygens (including phenoxy) is 2. The van der Waals surface area contributed by atoms with Gasteiger partial charge >= 0.3 is 0 Å². The molecule has 7 heteroatoms. The van der Waals surface area contributed by atoms with Crippen LogP contribution in [0.15, 0.2) is 59.5 Å². The van der Waals surface area contributed by atoms with Crippen molar-refractivity contribution in [3.63, 3.8) is 0 Å². The molecular weight excluding hydrogens is 336 g/mol. The number of nitrogens with zero attached hydrogens (tertiary/aromatic N) is 1. The third-order valence-electron chi connectivity index (χ3n) is 4.00. The lowest BCUT2D eigenvalue weighted by Gasteiger charge is -2.12. The number of rotatable bonds is 6. The van der Waals surface area contributed by atoms with E-state index in [1.54, 1.807) is 49.1 Å². The lowest BCUT2D eigenvalue weighted by atomic mass is 10.1. The molecule has 3 aromatic rings. The van der Waals surface area contributed by atoms with E-state index in [1.807, 2.05) is 12.1 Å². The summed E-state index contributed by atoms with van der Waals surface area (Å²) in [6, 6.07) is 13.7. The highest BCUT2D eigenvalue weighted by Crippen LogP contribution is 2.25. The normalized spacial score (nSPS) is 10.5. The summed E-state index contributed by atoms with van der Waals surface area (Å²) >= 11 is 0. The minimum atomic E-state index is -0.666. The lowest BCUT2D eigenvalue weighted by molar-refractivity contribution is 0.0706. The molecule has 0 fully saturated rings. The minimum absolute atomic E-state index is 0.208. The number of amides is 1. The van der Waals surface area contributed by atoms with Gasteiger partial charge in [-0.1, -0.05) is 18.2 Å². The molecule has 1 heterocycles. The van der Waals surface area contributed by atoms with Crippen molar-refractivity contribution < 1.29 is 19.5 Å². The number of carbonyl (C=O) groups is 1. The van der Waals surface area contributed by atoms with Crippen molar-refractivity contribution in [2.45, 2.75) is 6.54 Å². The van der Waals surface area contributed by atoms with Gasteiger partial charge < -0.3 is 14.0 Å². The third kappa shape index (κ3) is 3.52. The smallest absolute Gasteiger partial charge is 0.274 e. The molecule has 26 heavy (non-hydrogen) atoms. The van der Waals surface area contributed by atoms with Crippen LogP contribution in [0.5, 0.6) is 11.5 Å². The van der Waals surface area contributed by atoms with Crippen LogP contribution in [-0.4, -0.2) is 29.4 Å². The Morgan fingerprint density at radius 3 is 2.65 bits per heavy atom. The van der Waals surface area contributed by atoms with Gasteiger partial charge in [0.2, 0.25) is 0 Å². The molecule has 1 amide bonds. The van der Waals surface area contributed by atoms with Crippen LogP contribution in [0.2, 0.25) is 0 Å². The van der Waals surface area contributed by atoms with Crippen molar-refractivity contribution in [3.05, 3.63) is 70.6 Å². The van der Waals surface area contributed by atoms with Gasteiger partial charge in [-0.25, -0.2) is 5.48 Å². The average Bonchev–Trinajstić information content (AvgIpc) is 2.69. The Morgan fingerprint density at radius 1 is 1.15 bits per heavy atom. The standard InChI is InChI=1S/C19H18N2O5/c1-25-16-4-2-3-5-17(16)26-11-10-21-9-8-13-6-7-14(18(22)20-24)12-15(13)19(21)23/h2-9,12,24H,10-11H2,1H3,(H,20,22). The first kappa shape index (κ1) is 17.5. The number of pyridine rings is 1. The van der Waals surface area contributed by atoms with Crippen molar-refractivity contribution in [2.75, 3.05) is 13.7 Å². The molecule has 0 aliphatic heterocycles. The van der Waals surface area contributed by atoms with E-state index in [-0.39, 0.29) is 17.7 Å². The molecule has 134 valence electrons. The molecule has 0 saturated heterocycles. The summed E-state index contributed by atoms with van der Waals surface area (Å²) in [7, 11) is 1.57. The van der Waals surface area contributed by atoms with Gasteiger partial charge in [-0.05, 0) is 35.7 Å². The van der Waals surface area contributed by atoms with E-state index in [0.717, 1.165) is 0 Å². The summed E-state index contributed by atoms with van der Waals surface area (Å²) < 4.78 is 12.4. The Morgan fingerprint density at radius 2 is 1.92 bits per heavy atom. The predicted molar refractivity (Wildman–Crippen MR) is 95.9 cm³/mol. The third-order valence-corrected chi connectivity index (χ3v) is 4.00. The van der Waals surface area contributed by atoms with Gasteiger partial charge in [-0.3, -0.25) is 14.8 Å². The van der Waals surface area contributed by atoms with Crippen LogP contribution in [0.25, 0.3) is 10.8 Å². The Kier molecular flexibility index (Phi) is 5.19. The molecule has 0 spiro atoms. The van der Waals surface area contributed by atoms with Crippen molar-refractivity contribution in [2.24, 2.45) is 0 Å². The number of hydrogen-bond donors (Lipinski definition) is 2. The van der Waals surface area contributed by atoms with E-state index in [9.17, 15) is 9.59 Å². The zero-order valence-electron chi connectivity index (χ0n) is 14.1. The second-order valence-electron chi connectivity index (χ2n) is 5.56. The number of benzene rings is 2. The van der Waals surface area contributed by atoms with E-state index in [1.165, 1.54) is 10.6 Å². The van der Waals surface area contributed by atoms with Gasteiger partial charge in [0, 0.05) is 17.1 Å². The quantitative estimate of drug-likeness (QED) is 0.523. The van der Waals surface area contributed by atoms with Crippen LogP contribution < -0.4 is 20.5 Å². The number of para-hydroxylation sites is 2. The van der Waals surface area contributed by atoms with Crippen LogP contribution in [0, 0.1) is 0 Å². The Bertz CT molecular complexity index is 997. The number of hydrogen-bond acceptors (Lipinski definition) is 5. The first-order valence-electron chi connectivity index (χ1n) is 7.97. The molecule has 0 aliphatic carbocycles. The molecule has 7 nitrogen and oxygen atoms in total. The maximum absolute atomic E-state index is 12.6. The van der Waals surface area contributed by atoms with Gasteiger partial charge in [-0.15, -0.1) is 0 Å². The molecule has 0 radical (unpaired) electrons. The molecule has 2 N–H and O–H groups in total. The van der Waals surface area contributed by atoms with Gasteiger partial charge in [0.15, 0.2) is 11.5 Å². The van der Waals surface area contributed by atoms with Crippen LogP contribution in [-0.2, 0) is 6.54 Å². The number of hydroxylamine groups is 1. The first-order chi connectivity index (χ1) is 12.6. The molecule has 0 saturated carbocycles. The monoisotopic (exact) mass is 354 g/mol. The van der Waals surface area contributed by atoms with Crippen LogP contribution in [0.3, 0.4) is 0 Å². The summed E-state index contributed by atoms with van der Waals surface area (Å²) in [5.41, 5.74) is 1.53. The van der Waals surface area contributed by atoms with Crippen LogP contribution in [0.1, 0.15) is 10.4 Å². The van der Waals surface area contributed by atoms with Gasteiger partial charge in [-0.2, -0.15) is 0 Å². The summed E-state index contributed by atoms with van der Waals surface area (Å²) in [6.45, 7) is 0.617. The van der Waals surface area contributed by atoms with E-state index >= 15 is 0 Å². The van der Waals surface area contributed by atoms with Gasteiger partial charge in [0.25, 0.3) is 11.5 Å². The molecule has 0 aliphatic rings. The zero-order chi connectivity index (χ0) is 18.5. The molecule has 0 atom stereocenters. The van der Waals surface area contributed by atoms with Gasteiger partial charge in [0.1, 0.15) is 6.61 Å². The van der Waals surface area contributed by atoms with E-state index in [2.05, 4.69) is 0 Å². The number of aromatic nitrogens is 1. The van der Waals surface area contributed by atoms with Crippen molar-refractivity contribution in [1.29, 1.82) is 0 Å². The summed E-state index contributed by atoms with van der Waals surface area (Å²) in [4.78, 5) is 24.2. The fraction of sp³-hybridized carbons (Fsp3) is 0.158. The van der Waals surface area contributed by atoms with Crippen LogP contribution >= 0.6 is 0 Å². The molecule has 2 aromatic carbocycles. The minimum Gasteiger partial charge on any atom is -0.493 e. The fourth-order valence-electron chi connectivity index (χ4n) is 2.65. The fourth-order valence-corrected chi connectivity index (χ4v) is 2.65. The number of methoxy groups -OCH3 is 1. The van der Waals surface area contributed by atoms with E-state index in [0.29, 0.717) is 28.8 Å². The molecule has 0 bridgehead atoms. The Labute approximate surface area is 149 Å². The van der Waals surface area contributed by atoms with Crippen molar-refractivity contribution in [3.8, 4) is 11.5 Å². The summed E-state index contributed by atoms with van der Waals surface area (Å²) in [5, 5.41) is 9.85. The van der Waals surface area contributed by atoms with Crippen molar-refractivity contribution >= 4 is 16.7 Å². The number of fused-ring (bicyclic) bond motifs is 1. The van der Waals surface area contributed by atoms with Crippen LogP contribution in [0.4, 0.5) is 0 Å². The lowest BCUT2D eigenvalue weighted by Crippen LogP contribution is -2.23. The maximum atomic E-state index is 12.6. The molecule has 3 rings (SSSR count). The maximum Gasteiger partial charge on any atom is 0.274 e. The first-order valence-corrected chi connectivity index (χ1v) is 7.97. The topological polar surface area (TPSA) is 89.8 Å². The highest BCUT2D eigenvalue weighted by Gasteiger charge is 2.09. The highest BCUT2D eigenvalue weighted by atomic mass is 16.5. The number of carbonyl (C=O) groups excluding carboxylic acids is 1. The second-order valence-corrected chi connectivity index (χ2v) is 5.56. The highest BCUT2D eigenvalue weighted by molar-refractivity contribution is 5.97. The van der Waals surface area contributed by atoms with Gasteiger partial charge in [0.05, 0.1) is 13.7 Å².